The number of Topliss-reactive ketones (excluding diaryl/α,β-unsaturated/α-hetero) is 1. The van der Waals surface area contributed by atoms with Gasteiger partial charge in [0.25, 0.3) is 0 Å². The average molecular weight is 312 g/mol. The third kappa shape index (κ3) is 3.53. The van der Waals surface area contributed by atoms with Gasteiger partial charge in [0.05, 0.1) is 5.69 Å². The van der Waals surface area contributed by atoms with Gasteiger partial charge in [0, 0.05) is 23.6 Å². The number of rotatable bonds is 4. The van der Waals surface area contributed by atoms with Crippen LogP contribution in [0.4, 0.5) is 0 Å². The van der Waals surface area contributed by atoms with Crippen molar-refractivity contribution in [1.29, 1.82) is 0 Å². The van der Waals surface area contributed by atoms with Crippen LogP contribution >= 0.6 is 0 Å². The number of benzene rings is 1. The van der Waals surface area contributed by atoms with Crippen molar-refractivity contribution in [3.63, 3.8) is 0 Å². The van der Waals surface area contributed by atoms with Gasteiger partial charge in [-0.05, 0) is 46.7 Å². The van der Waals surface area contributed by atoms with Gasteiger partial charge in [0.15, 0.2) is 5.78 Å². The topological polar surface area (TPSA) is 46.3 Å². The molecule has 0 saturated carbocycles. The van der Waals surface area contributed by atoms with Gasteiger partial charge >= 0.3 is 0 Å². The first-order valence-corrected chi connectivity index (χ1v) is 8.29. The van der Waals surface area contributed by atoms with Crippen molar-refractivity contribution in [1.82, 2.24) is 10.1 Å². The maximum atomic E-state index is 12.6. The second-order valence-corrected chi connectivity index (χ2v) is 6.58. The predicted molar refractivity (Wildman–Crippen MR) is 89.5 cm³/mol. The number of nitrogens with zero attached hydrogens (tertiary/aromatic N) is 2. The standard InChI is InChI=1S/C19H24N2O2/c1-13-4-6-16(7-5-13)19(22)17-8-10-21(11-9-17)12-18-14(2)20-23-15(18)3/h4-7,17H,8-12H2,1-3H3. The van der Waals surface area contributed by atoms with Gasteiger partial charge in [0.2, 0.25) is 0 Å². The zero-order valence-electron chi connectivity index (χ0n) is 14.1. The molecule has 0 unspecified atom stereocenters. The van der Waals surface area contributed by atoms with Crippen molar-refractivity contribution in [2.24, 2.45) is 5.92 Å². The van der Waals surface area contributed by atoms with E-state index in [1.54, 1.807) is 0 Å². The zero-order valence-corrected chi connectivity index (χ0v) is 14.1. The summed E-state index contributed by atoms with van der Waals surface area (Å²) in [7, 11) is 0. The van der Waals surface area contributed by atoms with Crippen LogP contribution in [0.3, 0.4) is 0 Å². The van der Waals surface area contributed by atoms with Crippen LogP contribution in [0.25, 0.3) is 0 Å². The molecule has 1 aliphatic heterocycles. The molecule has 4 heteroatoms. The highest BCUT2D eigenvalue weighted by molar-refractivity contribution is 5.97. The van der Waals surface area contributed by atoms with Crippen LogP contribution in [-0.4, -0.2) is 28.9 Å². The highest BCUT2D eigenvalue weighted by Crippen LogP contribution is 2.24. The molecule has 1 aliphatic rings. The van der Waals surface area contributed by atoms with E-state index in [9.17, 15) is 4.79 Å². The molecule has 2 heterocycles. The molecule has 2 aromatic rings. The van der Waals surface area contributed by atoms with Crippen molar-refractivity contribution in [2.45, 2.75) is 40.2 Å². The quantitative estimate of drug-likeness (QED) is 0.808. The fourth-order valence-corrected chi connectivity index (χ4v) is 3.26. The minimum atomic E-state index is 0.152. The number of aromatic nitrogens is 1. The molecular formula is C19H24N2O2. The lowest BCUT2D eigenvalue weighted by molar-refractivity contribution is 0.0834. The lowest BCUT2D eigenvalue weighted by atomic mass is 9.88. The van der Waals surface area contributed by atoms with Crippen LogP contribution in [0.1, 0.15) is 45.8 Å². The molecule has 1 saturated heterocycles. The van der Waals surface area contributed by atoms with Crippen LogP contribution < -0.4 is 0 Å². The third-order valence-electron chi connectivity index (χ3n) is 4.86. The molecule has 0 amide bonds. The summed E-state index contributed by atoms with van der Waals surface area (Å²) < 4.78 is 5.23. The number of hydrogen-bond donors (Lipinski definition) is 0. The van der Waals surface area contributed by atoms with Gasteiger partial charge < -0.3 is 4.52 Å². The Balaban J connectivity index is 1.58. The maximum Gasteiger partial charge on any atom is 0.166 e. The SMILES string of the molecule is Cc1ccc(C(=O)C2CCN(Cc3c(C)noc3C)CC2)cc1. The molecule has 4 nitrogen and oxygen atoms in total. The molecule has 1 fully saturated rings. The molecule has 1 aromatic heterocycles. The number of piperidine rings is 1. The Morgan fingerprint density at radius 1 is 1.17 bits per heavy atom. The third-order valence-corrected chi connectivity index (χ3v) is 4.86. The van der Waals surface area contributed by atoms with Gasteiger partial charge in [-0.3, -0.25) is 9.69 Å². The number of ketones is 1. The van der Waals surface area contributed by atoms with Crippen molar-refractivity contribution >= 4 is 5.78 Å². The lowest BCUT2D eigenvalue weighted by Gasteiger charge is -2.31. The summed E-state index contributed by atoms with van der Waals surface area (Å²) in [6, 6.07) is 7.93. The monoisotopic (exact) mass is 312 g/mol. The molecule has 23 heavy (non-hydrogen) atoms. The second-order valence-electron chi connectivity index (χ2n) is 6.58. The lowest BCUT2D eigenvalue weighted by Crippen LogP contribution is -2.36. The van der Waals surface area contributed by atoms with Crippen LogP contribution in [0.5, 0.6) is 0 Å². The largest absolute Gasteiger partial charge is 0.361 e. The van der Waals surface area contributed by atoms with Gasteiger partial charge in [-0.15, -0.1) is 0 Å². The van der Waals surface area contributed by atoms with Crippen LogP contribution in [0.15, 0.2) is 28.8 Å². The molecule has 0 N–H and O–H groups in total. The van der Waals surface area contributed by atoms with E-state index < -0.39 is 0 Å². The number of carbonyl (C=O) groups excluding carboxylic acids is 1. The summed E-state index contributed by atoms with van der Waals surface area (Å²) in [6.07, 6.45) is 1.85. The van der Waals surface area contributed by atoms with E-state index in [0.717, 1.165) is 49.5 Å². The van der Waals surface area contributed by atoms with Gasteiger partial charge in [-0.2, -0.15) is 0 Å². The molecule has 0 aliphatic carbocycles. The molecule has 0 atom stereocenters. The van der Waals surface area contributed by atoms with E-state index >= 15 is 0 Å². The minimum absolute atomic E-state index is 0.152. The molecule has 0 bridgehead atoms. The van der Waals surface area contributed by atoms with Gasteiger partial charge in [-0.25, -0.2) is 0 Å². The summed E-state index contributed by atoms with van der Waals surface area (Å²) in [5.41, 5.74) is 4.20. The van der Waals surface area contributed by atoms with E-state index in [1.807, 2.05) is 45.0 Å². The van der Waals surface area contributed by atoms with Crippen LogP contribution in [0.2, 0.25) is 0 Å². The molecule has 122 valence electrons. The number of aryl methyl sites for hydroxylation is 3. The van der Waals surface area contributed by atoms with Crippen molar-refractivity contribution in [3.05, 3.63) is 52.4 Å². The Kier molecular flexibility index (Phi) is 4.62. The fourth-order valence-electron chi connectivity index (χ4n) is 3.26. The second kappa shape index (κ2) is 6.67. The highest BCUT2D eigenvalue weighted by atomic mass is 16.5. The normalized spacial score (nSPS) is 16.7. The molecular weight excluding hydrogens is 288 g/mol. The Hall–Kier alpha value is -1.94. The summed E-state index contributed by atoms with van der Waals surface area (Å²) >= 11 is 0. The van der Waals surface area contributed by atoms with Crippen LogP contribution in [-0.2, 0) is 6.54 Å². The first-order chi connectivity index (χ1) is 11.0. The minimum Gasteiger partial charge on any atom is -0.361 e. The summed E-state index contributed by atoms with van der Waals surface area (Å²) in [5, 5.41) is 4.02. The fraction of sp³-hybridized carbons (Fsp3) is 0.474. The van der Waals surface area contributed by atoms with E-state index in [0.29, 0.717) is 5.78 Å². The first kappa shape index (κ1) is 15.9. The van der Waals surface area contributed by atoms with Crippen molar-refractivity contribution in [3.8, 4) is 0 Å². The number of likely N-dealkylation sites (tertiary alicyclic amines) is 1. The summed E-state index contributed by atoms with van der Waals surface area (Å²) in [6.45, 7) is 8.76. The van der Waals surface area contributed by atoms with Crippen LogP contribution in [0, 0.1) is 26.7 Å². The molecule has 1 aromatic carbocycles. The average Bonchev–Trinajstić information content (AvgIpc) is 2.87. The van der Waals surface area contributed by atoms with Gasteiger partial charge in [0.1, 0.15) is 5.76 Å². The van der Waals surface area contributed by atoms with Crippen molar-refractivity contribution < 1.29 is 9.32 Å². The van der Waals surface area contributed by atoms with Gasteiger partial charge in [-0.1, -0.05) is 35.0 Å². The Bertz CT molecular complexity index is 660. The Labute approximate surface area is 137 Å². The van der Waals surface area contributed by atoms with Crippen molar-refractivity contribution in [2.75, 3.05) is 13.1 Å². The summed E-state index contributed by atoms with van der Waals surface area (Å²) in [5.74, 6) is 1.35. The highest BCUT2D eigenvalue weighted by Gasteiger charge is 2.26. The maximum absolute atomic E-state index is 12.6. The molecule has 0 radical (unpaired) electrons. The predicted octanol–water partition coefficient (Wildman–Crippen LogP) is 3.69. The summed E-state index contributed by atoms with van der Waals surface area (Å²) in [4.78, 5) is 15.0. The first-order valence-electron chi connectivity index (χ1n) is 8.29. The van der Waals surface area contributed by atoms with E-state index in [4.69, 9.17) is 4.52 Å². The van der Waals surface area contributed by atoms with E-state index in [2.05, 4.69) is 10.1 Å². The zero-order chi connectivity index (χ0) is 16.4. The van der Waals surface area contributed by atoms with E-state index in [1.165, 1.54) is 11.1 Å². The Morgan fingerprint density at radius 3 is 2.39 bits per heavy atom. The molecule has 3 rings (SSSR count). The van der Waals surface area contributed by atoms with E-state index in [-0.39, 0.29) is 5.92 Å². The smallest absolute Gasteiger partial charge is 0.166 e. The Morgan fingerprint density at radius 2 is 1.83 bits per heavy atom. The molecule has 0 spiro atoms. The number of carbonyl (C=O) groups is 1. The number of hydrogen-bond acceptors (Lipinski definition) is 4.